The highest BCUT2D eigenvalue weighted by atomic mass is 19.1. The number of hydrogen-bond acceptors (Lipinski definition) is 4. The fraction of sp³-hybridized carbons (Fsp3) is 0.391. The van der Waals surface area contributed by atoms with Crippen LogP contribution in [0.2, 0.25) is 0 Å². The summed E-state index contributed by atoms with van der Waals surface area (Å²) in [5.41, 5.74) is 1.92. The van der Waals surface area contributed by atoms with Crippen molar-refractivity contribution in [1.29, 1.82) is 5.26 Å². The molecule has 1 aliphatic rings. The van der Waals surface area contributed by atoms with Crippen molar-refractivity contribution in [2.45, 2.75) is 32.4 Å². The molecule has 2 aromatic rings. The van der Waals surface area contributed by atoms with E-state index in [1.165, 1.54) is 6.07 Å². The number of halogens is 1. The third-order valence-electron chi connectivity index (χ3n) is 5.11. The van der Waals surface area contributed by atoms with Gasteiger partial charge in [0.2, 0.25) is 0 Å². The Kier molecular flexibility index (Phi) is 7.50. The highest BCUT2D eigenvalue weighted by Gasteiger charge is 2.21. The van der Waals surface area contributed by atoms with Gasteiger partial charge < -0.3 is 20.3 Å². The quantitative estimate of drug-likeness (QED) is 0.565. The average molecular weight is 410 g/mol. The van der Waals surface area contributed by atoms with Crippen molar-refractivity contribution in [3.05, 3.63) is 59.4 Å². The molecule has 2 N–H and O–H groups in total. The molecule has 1 saturated heterocycles. The Morgan fingerprint density at radius 1 is 1.33 bits per heavy atom. The van der Waals surface area contributed by atoms with E-state index in [9.17, 15) is 4.39 Å². The maximum Gasteiger partial charge on any atom is 0.191 e. The second kappa shape index (κ2) is 10.5. The van der Waals surface area contributed by atoms with Crippen LogP contribution in [0.4, 0.5) is 10.1 Å². The lowest BCUT2D eigenvalue weighted by Crippen LogP contribution is -2.51. The van der Waals surface area contributed by atoms with Crippen molar-refractivity contribution in [2.75, 3.05) is 31.6 Å². The van der Waals surface area contributed by atoms with Gasteiger partial charge in [-0.15, -0.1) is 0 Å². The summed E-state index contributed by atoms with van der Waals surface area (Å²) in [6.07, 6.45) is 2.11. The number of anilines is 1. The van der Waals surface area contributed by atoms with Gasteiger partial charge in [0, 0.05) is 43.0 Å². The summed E-state index contributed by atoms with van der Waals surface area (Å²) in [6, 6.07) is 14.7. The number of rotatable bonds is 6. The van der Waals surface area contributed by atoms with Gasteiger partial charge >= 0.3 is 0 Å². The van der Waals surface area contributed by atoms with Crippen LogP contribution in [-0.2, 0) is 6.54 Å². The highest BCUT2D eigenvalue weighted by Crippen LogP contribution is 2.24. The maximum absolute atomic E-state index is 14.2. The van der Waals surface area contributed by atoms with E-state index < -0.39 is 5.82 Å². The largest absolute Gasteiger partial charge is 0.497 e. The van der Waals surface area contributed by atoms with Gasteiger partial charge in [-0.3, -0.25) is 0 Å². The minimum Gasteiger partial charge on any atom is -0.497 e. The Labute approximate surface area is 177 Å². The second-order valence-electron chi connectivity index (χ2n) is 7.24. The number of hydrogen-bond donors (Lipinski definition) is 2. The third-order valence-corrected chi connectivity index (χ3v) is 5.11. The Bertz CT molecular complexity index is 924. The van der Waals surface area contributed by atoms with Crippen molar-refractivity contribution in [3.8, 4) is 11.8 Å². The summed E-state index contributed by atoms with van der Waals surface area (Å²) in [5.74, 6) is 1.11. The van der Waals surface area contributed by atoms with Gasteiger partial charge in [0.25, 0.3) is 0 Å². The van der Waals surface area contributed by atoms with Crippen LogP contribution in [0.3, 0.4) is 0 Å². The Balaban J connectivity index is 1.66. The number of nitriles is 1. The molecule has 0 aliphatic carbocycles. The predicted octanol–water partition coefficient (Wildman–Crippen LogP) is 3.43. The normalized spacial score (nSPS) is 16.7. The summed E-state index contributed by atoms with van der Waals surface area (Å²) in [7, 11) is 1.68. The van der Waals surface area contributed by atoms with Gasteiger partial charge in [0.05, 0.1) is 25.3 Å². The van der Waals surface area contributed by atoms with Crippen molar-refractivity contribution in [2.24, 2.45) is 4.99 Å². The number of benzene rings is 2. The lowest BCUT2D eigenvalue weighted by molar-refractivity contribution is 0.414. The number of nitrogens with one attached hydrogen (secondary N) is 2. The minimum absolute atomic E-state index is 0.208. The van der Waals surface area contributed by atoms with Crippen LogP contribution < -0.4 is 20.3 Å². The van der Waals surface area contributed by atoms with E-state index in [1.54, 1.807) is 19.2 Å². The molecule has 1 heterocycles. The van der Waals surface area contributed by atoms with E-state index in [1.807, 2.05) is 25.1 Å². The molecule has 0 saturated carbocycles. The van der Waals surface area contributed by atoms with Crippen LogP contribution in [0.5, 0.6) is 5.75 Å². The first-order valence-corrected chi connectivity index (χ1v) is 10.2. The molecule has 1 atom stereocenters. The van der Waals surface area contributed by atoms with Crippen LogP contribution in [0.25, 0.3) is 0 Å². The first kappa shape index (κ1) is 21.4. The van der Waals surface area contributed by atoms with Crippen molar-refractivity contribution >= 4 is 11.6 Å². The summed E-state index contributed by atoms with van der Waals surface area (Å²) in [4.78, 5) is 6.89. The monoisotopic (exact) mass is 409 g/mol. The Morgan fingerprint density at radius 3 is 2.93 bits per heavy atom. The molecule has 0 spiro atoms. The zero-order valence-corrected chi connectivity index (χ0v) is 17.5. The van der Waals surface area contributed by atoms with E-state index in [0.29, 0.717) is 23.6 Å². The van der Waals surface area contributed by atoms with Crippen LogP contribution in [0, 0.1) is 17.1 Å². The van der Waals surface area contributed by atoms with Crippen molar-refractivity contribution < 1.29 is 9.13 Å². The number of ether oxygens (including phenoxy) is 1. The molecule has 0 bridgehead atoms. The zero-order chi connectivity index (χ0) is 21.3. The summed E-state index contributed by atoms with van der Waals surface area (Å²) in [6.45, 7) is 4.77. The molecule has 1 fully saturated rings. The van der Waals surface area contributed by atoms with Gasteiger partial charge in [-0.25, -0.2) is 9.38 Å². The lowest BCUT2D eigenvalue weighted by Gasteiger charge is -2.35. The number of nitrogens with zero attached hydrogens (tertiary/aromatic N) is 3. The van der Waals surface area contributed by atoms with Gasteiger partial charge in [-0.1, -0.05) is 12.1 Å². The van der Waals surface area contributed by atoms with Crippen LogP contribution >= 0.6 is 0 Å². The number of aliphatic imine (C=N–C) groups is 1. The molecule has 0 amide bonds. The topological polar surface area (TPSA) is 72.7 Å². The van der Waals surface area contributed by atoms with Gasteiger partial charge in [-0.05, 0) is 44.0 Å². The minimum atomic E-state index is -0.407. The summed E-state index contributed by atoms with van der Waals surface area (Å²) < 4.78 is 19.5. The van der Waals surface area contributed by atoms with Crippen molar-refractivity contribution in [3.63, 3.8) is 0 Å². The van der Waals surface area contributed by atoms with E-state index >= 15 is 0 Å². The average Bonchev–Trinajstić information content (AvgIpc) is 2.78. The molecule has 158 valence electrons. The predicted molar refractivity (Wildman–Crippen MR) is 117 cm³/mol. The second-order valence-corrected chi connectivity index (χ2v) is 7.24. The Morgan fingerprint density at radius 2 is 2.20 bits per heavy atom. The molecule has 7 heteroatoms. The first-order chi connectivity index (χ1) is 14.6. The Hall–Kier alpha value is -3.27. The van der Waals surface area contributed by atoms with Crippen LogP contribution in [0.15, 0.2) is 47.5 Å². The molecular weight excluding hydrogens is 381 g/mol. The molecule has 1 aliphatic heterocycles. The fourth-order valence-electron chi connectivity index (χ4n) is 3.56. The molecule has 2 aromatic carbocycles. The SMILES string of the molecule is CCNC(=NCc1ccc(C#N)cc1F)NC1CCCN(c2cccc(OC)c2)C1. The lowest BCUT2D eigenvalue weighted by atomic mass is 10.0. The number of methoxy groups -OCH3 is 1. The van der Waals surface area contributed by atoms with Crippen molar-refractivity contribution in [1.82, 2.24) is 10.6 Å². The van der Waals surface area contributed by atoms with E-state index in [2.05, 4.69) is 32.7 Å². The first-order valence-electron chi connectivity index (χ1n) is 10.2. The molecule has 0 radical (unpaired) electrons. The summed E-state index contributed by atoms with van der Waals surface area (Å²) >= 11 is 0. The van der Waals surface area contributed by atoms with Crippen LogP contribution in [-0.4, -0.2) is 38.7 Å². The molecule has 1 unspecified atom stereocenters. The molecule has 30 heavy (non-hydrogen) atoms. The number of piperidine rings is 1. The standard InChI is InChI=1S/C23H28FN5O/c1-3-26-23(27-15-18-10-9-17(14-25)12-22(18)24)28-19-6-5-11-29(16-19)20-7-4-8-21(13-20)30-2/h4,7-10,12-13,19H,3,5-6,11,15-16H2,1-2H3,(H2,26,27,28). The van der Waals surface area contributed by atoms with E-state index in [-0.39, 0.29) is 12.6 Å². The third kappa shape index (κ3) is 5.63. The zero-order valence-electron chi connectivity index (χ0n) is 17.5. The maximum atomic E-state index is 14.2. The smallest absolute Gasteiger partial charge is 0.191 e. The van der Waals surface area contributed by atoms with Crippen LogP contribution in [0.1, 0.15) is 30.9 Å². The van der Waals surface area contributed by atoms with Gasteiger partial charge in [-0.2, -0.15) is 5.26 Å². The molecule has 6 nitrogen and oxygen atoms in total. The summed E-state index contributed by atoms with van der Waals surface area (Å²) in [5, 5.41) is 15.6. The van der Waals surface area contributed by atoms with Gasteiger partial charge in [0.1, 0.15) is 11.6 Å². The highest BCUT2D eigenvalue weighted by molar-refractivity contribution is 5.80. The molecule has 0 aromatic heterocycles. The van der Waals surface area contributed by atoms with E-state index in [4.69, 9.17) is 10.00 Å². The fourth-order valence-corrected chi connectivity index (χ4v) is 3.56. The molecule has 3 rings (SSSR count). The molecular formula is C23H28FN5O. The van der Waals surface area contributed by atoms with Gasteiger partial charge in [0.15, 0.2) is 5.96 Å². The van der Waals surface area contributed by atoms with E-state index in [0.717, 1.165) is 37.4 Å². The number of guanidine groups is 1.